The van der Waals surface area contributed by atoms with Crippen LogP contribution in [0.4, 0.5) is 0 Å². The summed E-state index contributed by atoms with van der Waals surface area (Å²) in [7, 11) is 0. The average molecular weight is 332 g/mol. The molecule has 1 aromatic carbocycles. The molecule has 2 amide bonds. The first-order chi connectivity index (χ1) is 11.1. The highest BCUT2D eigenvalue weighted by Gasteiger charge is 2.22. The third-order valence-electron chi connectivity index (χ3n) is 3.74. The Kier molecular flexibility index (Phi) is 6.19. The zero-order valence-electron chi connectivity index (χ0n) is 12.7. The highest BCUT2D eigenvalue weighted by Crippen LogP contribution is 2.16. The quantitative estimate of drug-likeness (QED) is 0.861. The molecular weight excluding hydrogens is 314 g/mol. The third kappa shape index (κ3) is 5.11. The van der Waals surface area contributed by atoms with Crippen molar-refractivity contribution in [2.45, 2.75) is 25.3 Å². The Morgan fingerprint density at radius 1 is 1.35 bits per heavy atom. The molecule has 0 spiro atoms. The molecule has 0 atom stereocenters. The van der Waals surface area contributed by atoms with E-state index in [1.807, 2.05) is 24.3 Å². The molecule has 0 unspecified atom stereocenters. The maximum Gasteiger partial charge on any atom is 0.244 e. The Labute approximate surface area is 140 Å². The van der Waals surface area contributed by atoms with Crippen LogP contribution in [0.25, 0.3) is 6.08 Å². The van der Waals surface area contributed by atoms with Gasteiger partial charge in [-0.2, -0.15) is 5.26 Å². The van der Waals surface area contributed by atoms with Crippen molar-refractivity contribution in [2.75, 3.05) is 13.1 Å². The Morgan fingerprint density at radius 2 is 2.04 bits per heavy atom. The number of carbonyl (C=O) groups is 2. The van der Waals surface area contributed by atoms with Crippen LogP contribution in [0.3, 0.4) is 0 Å². The monoisotopic (exact) mass is 331 g/mol. The summed E-state index contributed by atoms with van der Waals surface area (Å²) in [6.45, 7) is 1.14. The Morgan fingerprint density at radius 3 is 2.70 bits per heavy atom. The van der Waals surface area contributed by atoms with Crippen LogP contribution in [0.15, 0.2) is 30.3 Å². The summed E-state index contributed by atoms with van der Waals surface area (Å²) in [6, 6.07) is 9.21. The molecule has 2 rings (SSSR count). The van der Waals surface area contributed by atoms with E-state index in [-0.39, 0.29) is 24.3 Å². The minimum Gasteiger partial charge on any atom is -0.350 e. The van der Waals surface area contributed by atoms with Gasteiger partial charge in [0.2, 0.25) is 11.8 Å². The minimum absolute atomic E-state index is 0.0459. The van der Waals surface area contributed by atoms with E-state index in [9.17, 15) is 9.59 Å². The largest absolute Gasteiger partial charge is 0.350 e. The van der Waals surface area contributed by atoms with Gasteiger partial charge in [-0.25, -0.2) is 0 Å². The number of likely N-dealkylation sites (tertiary alicyclic amines) is 1. The molecule has 5 nitrogen and oxygen atoms in total. The molecule has 1 fully saturated rings. The van der Waals surface area contributed by atoms with Crippen molar-refractivity contribution in [1.82, 2.24) is 10.2 Å². The molecule has 0 aromatic heterocycles. The summed E-state index contributed by atoms with van der Waals surface area (Å²) < 4.78 is 0. The third-order valence-corrected chi connectivity index (χ3v) is 4.09. The molecule has 0 bridgehead atoms. The highest BCUT2D eigenvalue weighted by atomic mass is 35.5. The molecule has 1 aromatic rings. The number of nitrogens with one attached hydrogen (secondary N) is 1. The van der Waals surface area contributed by atoms with E-state index in [0.29, 0.717) is 31.0 Å². The summed E-state index contributed by atoms with van der Waals surface area (Å²) >= 11 is 6.03. The zero-order valence-corrected chi connectivity index (χ0v) is 13.4. The summed E-state index contributed by atoms with van der Waals surface area (Å²) in [5, 5.41) is 12.1. The molecule has 1 heterocycles. The second-order valence-electron chi connectivity index (χ2n) is 5.35. The summed E-state index contributed by atoms with van der Waals surface area (Å²) in [6.07, 6.45) is 4.46. The number of rotatable bonds is 4. The maximum absolute atomic E-state index is 11.9. The van der Waals surface area contributed by atoms with Crippen molar-refractivity contribution in [3.05, 3.63) is 40.9 Å². The van der Waals surface area contributed by atoms with Gasteiger partial charge >= 0.3 is 0 Å². The second-order valence-corrected chi connectivity index (χ2v) is 5.76. The van der Waals surface area contributed by atoms with Gasteiger partial charge in [0, 0.05) is 30.2 Å². The molecular formula is C17H18ClN3O2. The summed E-state index contributed by atoms with van der Waals surface area (Å²) in [5.74, 6) is -0.317. The van der Waals surface area contributed by atoms with Crippen molar-refractivity contribution < 1.29 is 9.59 Å². The van der Waals surface area contributed by atoms with Gasteiger partial charge in [-0.1, -0.05) is 29.8 Å². The Balaban J connectivity index is 1.80. The highest BCUT2D eigenvalue weighted by molar-refractivity contribution is 6.32. The zero-order chi connectivity index (χ0) is 16.7. The van der Waals surface area contributed by atoms with Gasteiger partial charge in [-0.15, -0.1) is 0 Å². The van der Waals surface area contributed by atoms with Crippen molar-refractivity contribution in [3.8, 4) is 6.07 Å². The Hall–Kier alpha value is -2.32. The number of nitrogens with zero attached hydrogens (tertiary/aromatic N) is 2. The normalized spacial score (nSPS) is 15.4. The fourth-order valence-corrected chi connectivity index (χ4v) is 2.68. The SMILES string of the molecule is N#CCC(=O)N1CCC(NC(=O)/C=C/c2ccccc2Cl)CC1. The fourth-order valence-electron chi connectivity index (χ4n) is 2.48. The van der Waals surface area contributed by atoms with Crippen LogP contribution in [-0.2, 0) is 9.59 Å². The molecule has 0 saturated carbocycles. The molecule has 23 heavy (non-hydrogen) atoms. The van der Waals surface area contributed by atoms with E-state index in [2.05, 4.69) is 5.32 Å². The second kappa shape index (κ2) is 8.35. The first-order valence-electron chi connectivity index (χ1n) is 7.48. The number of hydrogen-bond donors (Lipinski definition) is 1. The lowest BCUT2D eigenvalue weighted by atomic mass is 10.0. The summed E-state index contributed by atoms with van der Waals surface area (Å²) in [4.78, 5) is 25.2. The lowest BCUT2D eigenvalue weighted by Gasteiger charge is -2.31. The first kappa shape index (κ1) is 17.0. The molecule has 120 valence electrons. The topological polar surface area (TPSA) is 73.2 Å². The van der Waals surface area contributed by atoms with Crippen LogP contribution < -0.4 is 5.32 Å². The van der Waals surface area contributed by atoms with E-state index in [0.717, 1.165) is 5.56 Å². The number of amides is 2. The molecule has 0 radical (unpaired) electrons. The van der Waals surface area contributed by atoms with Gasteiger partial charge < -0.3 is 10.2 Å². The van der Waals surface area contributed by atoms with Gasteiger partial charge in [0.25, 0.3) is 0 Å². The van der Waals surface area contributed by atoms with E-state index in [1.165, 1.54) is 6.08 Å². The van der Waals surface area contributed by atoms with Crippen LogP contribution in [-0.4, -0.2) is 35.8 Å². The molecule has 6 heteroatoms. The first-order valence-corrected chi connectivity index (χ1v) is 7.86. The van der Waals surface area contributed by atoms with Crippen LogP contribution in [0.2, 0.25) is 5.02 Å². The van der Waals surface area contributed by atoms with E-state index in [1.54, 1.807) is 17.0 Å². The van der Waals surface area contributed by atoms with Gasteiger partial charge in [0.05, 0.1) is 6.07 Å². The van der Waals surface area contributed by atoms with E-state index < -0.39 is 0 Å². The Bertz CT molecular complexity index is 643. The van der Waals surface area contributed by atoms with Gasteiger partial charge in [-0.3, -0.25) is 9.59 Å². The van der Waals surface area contributed by atoms with E-state index >= 15 is 0 Å². The predicted molar refractivity (Wildman–Crippen MR) is 88.5 cm³/mol. The number of carbonyl (C=O) groups excluding carboxylic acids is 2. The molecule has 1 N–H and O–H groups in total. The fraction of sp³-hybridized carbons (Fsp3) is 0.353. The maximum atomic E-state index is 11.9. The van der Waals surface area contributed by atoms with Crippen molar-refractivity contribution in [2.24, 2.45) is 0 Å². The number of benzene rings is 1. The average Bonchev–Trinajstić information content (AvgIpc) is 2.55. The number of piperidine rings is 1. The molecule has 1 aliphatic rings. The molecule has 1 aliphatic heterocycles. The molecule has 0 aliphatic carbocycles. The van der Waals surface area contributed by atoms with Crippen LogP contribution >= 0.6 is 11.6 Å². The van der Waals surface area contributed by atoms with Crippen LogP contribution in [0.5, 0.6) is 0 Å². The smallest absolute Gasteiger partial charge is 0.244 e. The standard InChI is InChI=1S/C17H18ClN3O2/c18-15-4-2-1-3-13(15)5-6-16(22)20-14-8-11-21(12-9-14)17(23)7-10-19/h1-6,14H,7-9,11-12H2,(H,20,22)/b6-5+. The number of halogens is 1. The number of nitriles is 1. The summed E-state index contributed by atoms with van der Waals surface area (Å²) in [5.41, 5.74) is 0.793. The van der Waals surface area contributed by atoms with Crippen LogP contribution in [0, 0.1) is 11.3 Å². The lowest BCUT2D eigenvalue weighted by molar-refractivity contribution is -0.131. The van der Waals surface area contributed by atoms with Crippen molar-refractivity contribution in [3.63, 3.8) is 0 Å². The minimum atomic E-state index is -0.174. The van der Waals surface area contributed by atoms with Gasteiger partial charge in [0.15, 0.2) is 0 Å². The number of hydrogen-bond acceptors (Lipinski definition) is 3. The molecule has 1 saturated heterocycles. The van der Waals surface area contributed by atoms with Crippen LogP contribution in [0.1, 0.15) is 24.8 Å². The van der Waals surface area contributed by atoms with E-state index in [4.69, 9.17) is 16.9 Å². The van der Waals surface area contributed by atoms with Gasteiger partial charge in [-0.05, 0) is 30.5 Å². The lowest BCUT2D eigenvalue weighted by Crippen LogP contribution is -2.46. The van der Waals surface area contributed by atoms with Gasteiger partial charge in [0.1, 0.15) is 6.42 Å². The predicted octanol–water partition coefficient (Wildman–Crippen LogP) is 2.37. The van der Waals surface area contributed by atoms with Crippen molar-refractivity contribution >= 4 is 29.5 Å². The van der Waals surface area contributed by atoms with Crippen molar-refractivity contribution in [1.29, 1.82) is 5.26 Å².